The van der Waals surface area contributed by atoms with Crippen molar-refractivity contribution in [3.8, 4) is 0 Å². The van der Waals surface area contributed by atoms with Gasteiger partial charge in [-0.3, -0.25) is 0 Å². The molecule has 1 aromatic carbocycles. The fraction of sp³-hybridized carbons (Fsp3) is 0.500. The number of hydrogen-bond donors (Lipinski definition) is 1. The summed E-state index contributed by atoms with van der Waals surface area (Å²) in [6.07, 6.45) is 2.98. The van der Waals surface area contributed by atoms with E-state index in [4.69, 9.17) is 17.3 Å². The number of benzene rings is 1. The smallest absolute Gasteiger partial charge is 0.127 e. The van der Waals surface area contributed by atoms with Gasteiger partial charge in [-0.25, -0.2) is 4.39 Å². The zero-order valence-electron chi connectivity index (χ0n) is 8.96. The molecule has 2 atom stereocenters. The van der Waals surface area contributed by atoms with E-state index in [0.717, 1.165) is 6.42 Å². The van der Waals surface area contributed by atoms with Gasteiger partial charge >= 0.3 is 0 Å². The summed E-state index contributed by atoms with van der Waals surface area (Å²) in [5.41, 5.74) is 6.77. The highest BCUT2D eigenvalue weighted by atomic mass is 35.5. The summed E-state index contributed by atoms with van der Waals surface area (Å²) in [7, 11) is 0. The molecule has 0 aliphatic carbocycles. The Morgan fingerprint density at radius 1 is 1.56 bits per heavy atom. The van der Waals surface area contributed by atoms with Crippen LogP contribution in [0.5, 0.6) is 0 Å². The first-order valence-corrected chi connectivity index (χ1v) is 6.90. The highest BCUT2D eigenvalue weighted by Gasteiger charge is 2.23. The normalized spacial score (nSPS) is 22.3. The maximum absolute atomic E-state index is 13.6. The lowest BCUT2D eigenvalue weighted by Gasteiger charge is -2.18. The van der Waals surface area contributed by atoms with Crippen molar-refractivity contribution < 1.29 is 4.39 Å². The van der Waals surface area contributed by atoms with Crippen LogP contribution in [0.2, 0.25) is 5.02 Å². The second kappa shape index (κ2) is 5.39. The van der Waals surface area contributed by atoms with Crippen molar-refractivity contribution in [1.82, 2.24) is 0 Å². The van der Waals surface area contributed by atoms with E-state index in [2.05, 4.69) is 0 Å². The molecule has 1 aliphatic heterocycles. The van der Waals surface area contributed by atoms with E-state index in [9.17, 15) is 4.39 Å². The Balaban J connectivity index is 2.02. The largest absolute Gasteiger partial charge is 0.326 e. The summed E-state index contributed by atoms with van der Waals surface area (Å²) in [5.74, 6) is 0.938. The summed E-state index contributed by atoms with van der Waals surface area (Å²) in [4.78, 5) is 0. The van der Waals surface area contributed by atoms with Gasteiger partial charge in [0.2, 0.25) is 0 Å². The zero-order chi connectivity index (χ0) is 11.5. The van der Waals surface area contributed by atoms with Crippen molar-refractivity contribution >= 4 is 23.4 Å². The van der Waals surface area contributed by atoms with Gasteiger partial charge in [-0.05, 0) is 42.7 Å². The molecule has 0 amide bonds. The Morgan fingerprint density at radius 3 is 3.00 bits per heavy atom. The lowest BCUT2D eigenvalue weighted by Crippen LogP contribution is -2.33. The van der Waals surface area contributed by atoms with Gasteiger partial charge in [0.1, 0.15) is 5.82 Å². The minimum Gasteiger partial charge on any atom is -0.326 e. The standard InChI is InChI=1S/C12H15ClFNS/c13-9-4-3-8(10(14)7-9)6-11(15)12-2-1-5-16-12/h3-4,7,11-12H,1-2,5-6,15H2. The lowest BCUT2D eigenvalue weighted by molar-refractivity contribution is 0.567. The van der Waals surface area contributed by atoms with Crippen molar-refractivity contribution in [2.24, 2.45) is 5.73 Å². The maximum Gasteiger partial charge on any atom is 0.127 e. The Morgan fingerprint density at radius 2 is 2.38 bits per heavy atom. The van der Waals surface area contributed by atoms with E-state index < -0.39 is 0 Å². The summed E-state index contributed by atoms with van der Waals surface area (Å²) in [6.45, 7) is 0. The Labute approximate surface area is 105 Å². The monoisotopic (exact) mass is 259 g/mol. The summed E-state index contributed by atoms with van der Waals surface area (Å²) < 4.78 is 13.6. The number of halogens is 2. The third kappa shape index (κ3) is 2.90. The predicted octanol–water partition coefficient (Wildman–Crippen LogP) is 3.24. The van der Waals surface area contributed by atoms with Crippen LogP contribution in [0.25, 0.3) is 0 Å². The first-order chi connectivity index (χ1) is 7.66. The average Bonchev–Trinajstić information content (AvgIpc) is 2.75. The van der Waals surface area contributed by atoms with Crippen molar-refractivity contribution in [1.29, 1.82) is 0 Å². The number of hydrogen-bond acceptors (Lipinski definition) is 2. The van der Waals surface area contributed by atoms with E-state index in [0.29, 0.717) is 22.3 Å². The zero-order valence-corrected chi connectivity index (χ0v) is 10.5. The first kappa shape index (κ1) is 12.2. The van der Waals surface area contributed by atoms with Gasteiger partial charge < -0.3 is 5.73 Å². The highest BCUT2D eigenvalue weighted by Crippen LogP contribution is 2.29. The van der Waals surface area contributed by atoms with Crippen molar-refractivity contribution in [3.05, 3.63) is 34.6 Å². The van der Waals surface area contributed by atoms with Gasteiger partial charge in [0.15, 0.2) is 0 Å². The van der Waals surface area contributed by atoms with Crippen molar-refractivity contribution in [3.63, 3.8) is 0 Å². The molecule has 0 spiro atoms. The lowest BCUT2D eigenvalue weighted by atomic mass is 10.0. The molecule has 1 heterocycles. The molecule has 2 rings (SSSR count). The van der Waals surface area contributed by atoms with E-state index in [-0.39, 0.29) is 11.9 Å². The van der Waals surface area contributed by atoms with Gasteiger partial charge in [-0.2, -0.15) is 11.8 Å². The van der Waals surface area contributed by atoms with Crippen molar-refractivity contribution in [2.75, 3.05) is 5.75 Å². The molecular formula is C12H15ClFNS. The minimum atomic E-state index is -0.244. The van der Waals surface area contributed by atoms with Gasteiger partial charge in [0.05, 0.1) is 0 Å². The molecule has 1 saturated heterocycles. The van der Waals surface area contributed by atoms with E-state index >= 15 is 0 Å². The van der Waals surface area contributed by atoms with Gasteiger partial charge in [0.25, 0.3) is 0 Å². The summed E-state index contributed by atoms with van der Waals surface area (Å²) in [5, 5.41) is 0.917. The highest BCUT2D eigenvalue weighted by molar-refractivity contribution is 8.00. The van der Waals surface area contributed by atoms with Crippen molar-refractivity contribution in [2.45, 2.75) is 30.6 Å². The fourth-order valence-corrected chi connectivity index (χ4v) is 3.48. The first-order valence-electron chi connectivity index (χ1n) is 5.48. The van der Waals surface area contributed by atoms with E-state index in [1.54, 1.807) is 12.1 Å². The van der Waals surface area contributed by atoms with Crippen LogP contribution < -0.4 is 5.73 Å². The predicted molar refractivity (Wildman–Crippen MR) is 68.6 cm³/mol. The minimum absolute atomic E-state index is 0.0446. The topological polar surface area (TPSA) is 26.0 Å². The van der Waals surface area contributed by atoms with Crippen LogP contribution in [0.15, 0.2) is 18.2 Å². The van der Waals surface area contributed by atoms with Crippen LogP contribution >= 0.6 is 23.4 Å². The van der Waals surface area contributed by atoms with Crippen LogP contribution in [0.4, 0.5) is 4.39 Å². The maximum atomic E-state index is 13.6. The molecule has 1 aliphatic rings. The van der Waals surface area contributed by atoms with Gasteiger partial charge in [0, 0.05) is 16.3 Å². The Hall–Kier alpha value is -0.250. The Bertz CT molecular complexity index is 366. The average molecular weight is 260 g/mol. The third-order valence-electron chi connectivity index (χ3n) is 2.91. The summed E-state index contributed by atoms with van der Waals surface area (Å²) in [6, 6.07) is 4.85. The molecule has 2 N–H and O–H groups in total. The third-order valence-corrected chi connectivity index (χ3v) is 4.69. The van der Waals surface area contributed by atoms with Crippen LogP contribution in [-0.2, 0) is 6.42 Å². The molecule has 1 nitrogen and oxygen atoms in total. The van der Waals surface area contributed by atoms with E-state index in [1.807, 2.05) is 11.8 Å². The second-order valence-electron chi connectivity index (χ2n) is 4.16. The molecule has 0 bridgehead atoms. The molecule has 2 unspecified atom stereocenters. The fourth-order valence-electron chi connectivity index (χ4n) is 2.01. The SMILES string of the molecule is NC(Cc1ccc(Cl)cc1F)C1CCCS1. The molecule has 1 fully saturated rings. The van der Waals surface area contributed by atoms with Crippen LogP contribution in [-0.4, -0.2) is 17.0 Å². The van der Waals surface area contributed by atoms with E-state index in [1.165, 1.54) is 18.2 Å². The number of thioether (sulfide) groups is 1. The molecule has 16 heavy (non-hydrogen) atoms. The molecular weight excluding hydrogens is 245 g/mol. The molecule has 4 heteroatoms. The quantitative estimate of drug-likeness (QED) is 0.902. The number of rotatable bonds is 3. The Kier molecular flexibility index (Phi) is 4.11. The van der Waals surface area contributed by atoms with Gasteiger partial charge in [-0.15, -0.1) is 0 Å². The van der Waals surface area contributed by atoms with Gasteiger partial charge in [-0.1, -0.05) is 17.7 Å². The van der Waals surface area contributed by atoms with Crippen LogP contribution in [0, 0.1) is 5.82 Å². The second-order valence-corrected chi connectivity index (χ2v) is 5.94. The molecule has 0 aromatic heterocycles. The molecule has 0 radical (unpaired) electrons. The number of nitrogens with two attached hydrogens (primary N) is 1. The van der Waals surface area contributed by atoms with Crippen LogP contribution in [0.1, 0.15) is 18.4 Å². The summed E-state index contributed by atoms with van der Waals surface area (Å²) >= 11 is 7.61. The van der Waals surface area contributed by atoms with Crippen LogP contribution in [0.3, 0.4) is 0 Å². The molecule has 88 valence electrons. The molecule has 1 aromatic rings. The molecule has 0 saturated carbocycles.